The SMILES string of the molecule is COc1ccc(C(=O)Nc2n[nH]c(C)c2-c2cccc(Br)c2)cc1. The standard InChI is InChI=1S/C18H16BrN3O2/c1-11-16(13-4-3-5-14(19)10-13)17(22-21-11)20-18(23)12-6-8-15(24-2)9-7-12/h3-10H,1-2H3,(H2,20,21,22,23). The number of rotatable bonds is 4. The number of H-pyrrole nitrogens is 1. The van der Waals surface area contributed by atoms with Crippen LogP contribution in [-0.4, -0.2) is 23.2 Å². The zero-order chi connectivity index (χ0) is 17.1. The van der Waals surface area contributed by atoms with Crippen molar-refractivity contribution in [2.24, 2.45) is 0 Å². The molecule has 0 saturated carbocycles. The maximum absolute atomic E-state index is 12.5. The molecule has 0 aliphatic rings. The number of nitrogens with one attached hydrogen (secondary N) is 2. The van der Waals surface area contributed by atoms with Crippen LogP contribution in [0.5, 0.6) is 5.75 Å². The van der Waals surface area contributed by atoms with Gasteiger partial charge in [0.25, 0.3) is 5.91 Å². The minimum Gasteiger partial charge on any atom is -0.497 e. The van der Waals surface area contributed by atoms with Gasteiger partial charge in [-0.15, -0.1) is 0 Å². The monoisotopic (exact) mass is 385 g/mol. The molecule has 0 fully saturated rings. The first-order valence-electron chi connectivity index (χ1n) is 7.35. The second-order valence-corrected chi connectivity index (χ2v) is 6.18. The fourth-order valence-electron chi connectivity index (χ4n) is 2.44. The molecule has 0 unspecified atom stereocenters. The first kappa shape index (κ1) is 16.3. The second kappa shape index (κ2) is 6.88. The van der Waals surface area contributed by atoms with E-state index in [-0.39, 0.29) is 5.91 Å². The normalized spacial score (nSPS) is 10.5. The third-order valence-corrected chi connectivity index (χ3v) is 4.14. The molecule has 0 saturated heterocycles. The number of nitrogens with zero attached hydrogens (tertiary/aromatic N) is 1. The summed E-state index contributed by atoms with van der Waals surface area (Å²) in [6, 6.07) is 14.8. The Bertz CT molecular complexity index is 872. The van der Waals surface area contributed by atoms with Crippen molar-refractivity contribution in [1.29, 1.82) is 0 Å². The highest BCUT2D eigenvalue weighted by Crippen LogP contribution is 2.31. The number of aromatic nitrogens is 2. The van der Waals surface area contributed by atoms with Crippen molar-refractivity contribution in [3.05, 3.63) is 64.3 Å². The number of ether oxygens (including phenoxy) is 1. The van der Waals surface area contributed by atoms with Gasteiger partial charge in [0.1, 0.15) is 5.75 Å². The number of methoxy groups -OCH3 is 1. The highest BCUT2D eigenvalue weighted by atomic mass is 79.9. The molecule has 0 radical (unpaired) electrons. The minimum atomic E-state index is -0.222. The Morgan fingerprint density at radius 2 is 1.96 bits per heavy atom. The summed E-state index contributed by atoms with van der Waals surface area (Å²) in [5, 5.41) is 10.0. The lowest BCUT2D eigenvalue weighted by Crippen LogP contribution is -2.12. The van der Waals surface area contributed by atoms with E-state index in [1.165, 1.54) is 0 Å². The van der Waals surface area contributed by atoms with Crippen molar-refractivity contribution in [3.63, 3.8) is 0 Å². The number of carbonyl (C=O) groups excluding carboxylic acids is 1. The van der Waals surface area contributed by atoms with Crippen LogP contribution in [0, 0.1) is 6.92 Å². The van der Waals surface area contributed by atoms with Crippen molar-refractivity contribution in [2.45, 2.75) is 6.92 Å². The van der Waals surface area contributed by atoms with Gasteiger partial charge in [-0.3, -0.25) is 9.89 Å². The van der Waals surface area contributed by atoms with Gasteiger partial charge in [0.2, 0.25) is 0 Å². The Balaban J connectivity index is 1.89. The number of halogens is 1. The molecule has 0 bridgehead atoms. The van der Waals surface area contributed by atoms with Gasteiger partial charge in [0, 0.05) is 21.3 Å². The number of benzene rings is 2. The molecule has 2 aromatic carbocycles. The van der Waals surface area contributed by atoms with E-state index < -0.39 is 0 Å². The summed E-state index contributed by atoms with van der Waals surface area (Å²) in [5.74, 6) is 0.990. The number of aryl methyl sites for hydroxylation is 1. The third-order valence-electron chi connectivity index (χ3n) is 3.64. The summed E-state index contributed by atoms with van der Waals surface area (Å²) in [5.41, 5.74) is 3.27. The second-order valence-electron chi connectivity index (χ2n) is 5.27. The van der Waals surface area contributed by atoms with Crippen LogP contribution in [0.15, 0.2) is 53.0 Å². The lowest BCUT2D eigenvalue weighted by molar-refractivity contribution is 0.102. The van der Waals surface area contributed by atoms with Crippen LogP contribution in [0.4, 0.5) is 5.82 Å². The van der Waals surface area contributed by atoms with Gasteiger partial charge in [0.15, 0.2) is 5.82 Å². The van der Waals surface area contributed by atoms with Gasteiger partial charge in [-0.2, -0.15) is 5.10 Å². The molecule has 1 heterocycles. The molecule has 5 nitrogen and oxygen atoms in total. The molecule has 2 N–H and O–H groups in total. The van der Waals surface area contributed by atoms with Gasteiger partial charge in [0.05, 0.1) is 7.11 Å². The van der Waals surface area contributed by atoms with Crippen LogP contribution in [0.3, 0.4) is 0 Å². The van der Waals surface area contributed by atoms with E-state index in [0.29, 0.717) is 17.1 Å². The number of hydrogen-bond donors (Lipinski definition) is 2. The number of hydrogen-bond acceptors (Lipinski definition) is 3. The van der Waals surface area contributed by atoms with Gasteiger partial charge in [-0.05, 0) is 48.9 Å². The molecule has 0 aliphatic carbocycles. The molecular formula is C18H16BrN3O2. The Morgan fingerprint density at radius 3 is 2.62 bits per heavy atom. The maximum Gasteiger partial charge on any atom is 0.256 e. The lowest BCUT2D eigenvalue weighted by atomic mass is 10.1. The molecule has 3 rings (SSSR count). The predicted molar refractivity (Wildman–Crippen MR) is 97.4 cm³/mol. The van der Waals surface area contributed by atoms with Crippen LogP contribution >= 0.6 is 15.9 Å². The van der Waals surface area contributed by atoms with Gasteiger partial charge < -0.3 is 10.1 Å². The van der Waals surface area contributed by atoms with Crippen molar-refractivity contribution in [3.8, 4) is 16.9 Å². The number of anilines is 1. The van der Waals surface area contributed by atoms with Gasteiger partial charge in [-0.25, -0.2) is 0 Å². The fraction of sp³-hybridized carbons (Fsp3) is 0.111. The molecule has 6 heteroatoms. The zero-order valence-corrected chi connectivity index (χ0v) is 14.8. The van der Waals surface area contributed by atoms with Crippen molar-refractivity contribution >= 4 is 27.7 Å². The average Bonchev–Trinajstić information content (AvgIpc) is 2.95. The van der Waals surface area contributed by atoms with Crippen LogP contribution in [-0.2, 0) is 0 Å². The van der Waals surface area contributed by atoms with Gasteiger partial charge >= 0.3 is 0 Å². The number of carbonyl (C=O) groups is 1. The molecule has 122 valence electrons. The summed E-state index contributed by atoms with van der Waals surface area (Å²) in [7, 11) is 1.59. The molecular weight excluding hydrogens is 370 g/mol. The topological polar surface area (TPSA) is 67.0 Å². The summed E-state index contributed by atoms with van der Waals surface area (Å²) >= 11 is 3.47. The average molecular weight is 386 g/mol. The summed E-state index contributed by atoms with van der Waals surface area (Å²) < 4.78 is 6.07. The van der Waals surface area contributed by atoms with E-state index in [4.69, 9.17) is 4.74 Å². The molecule has 1 amide bonds. The maximum atomic E-state index is 12.5. The summed E-state index contributed by atoms with van der Waals surface area (Å²) in [6.07, 6.45) is 0. The van der Waals surface area contributed by atoms with Crippen LogP contribution < -0.4 is 10.1 Å². The highest BCUT2D eigenvalue weighted by molar-refractivity contribution is 9.10. The minimum absolute atomic E-state index is 0.222. The number of aromatic amines is 1. The first-order chi connectivity index (χ1) is 11.6. The Kier molecular flexibility index (Phi) is 4.66. The molecule has 0 aliphatic heterocycles. The van der Waals surface area contributed by atoms with Crippen molar-refractivity contribution in [2.75, 3.05) is 12.4 Å². The molecule has 0 spiro atoms. The summed E-state index contributed by atoms with van der Waals surface area (Å²) in [6.45, 7) is 1.92. The Hall–Kier alpha value is -2.60. The predicted octanol–water partition coefficient (Wildman–Crippen LogP) is 4.41. The Labute approximate surface area is 148 Å². The fourth-order valence-corrected chi connectivity index (χ4v) is 2.84. The van der Waals surface area contributed by atoms with Crippen molar-refractivity contribution in [1.82, 2.24) is 10.2 Å². The van der Waals surface area contributed by atoms with Crippen LogP contribution in [0.2, 0.25) is 0 Å². The number of amides is 1. The summed E-state index contributed by atoms with van der Waals surface area (Å²) in [4.78, 5) is 12.5. The first-order valence-corrected chi connectivity index (χ1v) is 8.14. The van der Waals surface area contributed by atoms with Crippen LogP contribution in [0.1, 0.15) is 16.1 Å². The smallest absolute Gasteiger partial charge is 0.256 e. The van der Waals surface area contributed by atoms with Crippen LogP contribution in [0.25, 0.3) is 11.1 Å². The lowest BCUT2D eigenvalue weighted by Gasteiger charge is -2.07. The highest BCUT2D eigenvalue weighted by Gasteiger charge is 2.16. The zero-order valence-electron chi connectivity index (χ0n) is 13.3. The molecule has 3 aromatic rings. The largest absolute Gasteiger partial charge is 0.497 e. The van der Waals surface area contributed by atoms with E-state index in [1.807, 2.05) is 31.2 Å². The Morgan fingerprint density at radius 1 is 1.21 bits per heavy atom. The van der Waals surface area contributed by atoms with E-state index in [1.54, 1.807) is 31.4 Å². The van der Waals surface area contributed by atoms with Crippen molar-refractivity contribution < 1.29 is 9.53 Å². The van der Waals surface area contributed by atoms with E-state index in [0.717, 1.165) is 21.3 Å². The third kappa shape index (κ3) is 3.33. The molecule has 1 aromatic heterocycles. The molecule has 24 heavy (non-hydrogen) atoms. The van der Waals surface area contributed by atoms with E-state index in [2.05, 4.69) is 31.4 Å². The van der Waals surface area contributed by atoms with E-state index in [9.17, 15) is 4.79 Å². The molecule has 0 atom stereocenters. The van der Waals surface area contributed by atoms with Gasteiger partial charge in [-0.1, -0.05) is 28.1 Å². The van der Waals surface area contributed by atoms with E-state index >= 15 is 0 Å². The quantitative estimate of drug-likeness (QED) is 0.698.